The minimum absolute atomic E-state index is 0.00363. The van der Waals surface area contributed by atoms with Gasteiger partial charge in [-0.3, -0.25) is 4.90 Å². The lowest BCUT2D eigenvalue weighted by Gasteiger charge is -2.52. The molecule has 3 unspecified atom stereocenters. The maximum atomic E-state index is 14.8. The van der Waals surface area contributed by atoms with E-state index in [1.807, 2.05) is 18.2 Å². The maximum absolute atomic E-state index is 14.8. The van der Waals surface area contributed by atoms with Gasteiger partial charge in [-0.2, -0.15) is 0 Å². The molecule has 2 saturated heterocycles. The summed E-state index contributed by atoms with van der Waals surface area (Å²) < 4.78 is 35.6. The lowest BCUT2D eigenvalue weighted by Crippen LogP contribution is -2.61. The molecule has 8 rings (SSSR count). The fourth-order valence-electron chi connectivity index (χ4n) is 6.84. The van der Waals surface area contributed by atoms with Crippen molar-refractivity contribution in [3.63, 3.8) is 0 Å². The zero-order valence-electron chi connectivity index (χ0n) is 22.6. The summed E-state index contributed by atoms with van der Waals surface area (Å²) in [6, 6.07) is 15.6. The summed E-state index contributed by atoms with van der Waals surface area (Å²) in [6.45, 7) is 3.84. The minimum Gasteiger partial charge on any atom is -0.485 e. The first-order valence-electron chi connectivity index (χ1n) is 14.2. The Labute approximate surface area is 246 Å². The predicted molar refractivity (Wildman–Crippen MR) is 153 cm³/mol. The molecule has 4 aromatic rings. The predicted octanol–water partition coefficient (Wildman–Crippen LogP) is 5.07. The summed E-state index contributed by atoms with van der Waals surface area (Å²) in [6.07, 6.45) is 0.328. The zero-order chi connectivity index (χ0) is 28.5. The molecule has 1 aromatic heterocycles. The van der Waals surface area contributed by atoms with Crippen molar-refractivity contribution >= 4 is 34.3 Å². The highest BCUT2D eigenvalue weighted by Gasteiger charge is 2.46. The highest BCUT2D eigenvalue weighted by atomic mass is 35.5. The summed E-state index contributed by atoms with van der Waals surface area (Å²) in [7, 11) is 0. The summed E-state index contributed by atoms with van der Waals surface area (Å²) in [5.74, 6) is 0.777. The monoisotopic (exact) mass is 590 g/mol. The smallest absolute Gasteiger partial charge is 0.335 e. The van der Waals surface area contributed by atoms with E-state index in [0.29, 0.717) is 41.8 Å². The van der Waals surface area contributed by atoms with Gasteiger partial charge in [-0.05, 0) is 48.9 Å². The molecule has 0 aliphatic carbocycles. The van der Waals surface area contributed by atoms with Crippen molar-refractivity contribution in [2.75, 3.05) is 37.7 Å². The highest BCUT2D eigenvalue weighted by molar-refractivity contribution is 6.30. The molecule has 5 heterocycles. The Hall–Kier alpha value is -3.86. The van der Waals surface area contributed by atoms with Crippen LogP contribution in [-0.2, 0) is 11.3 Å². The summed E-state index contributed by atoms with van der Waals surface area (Å²) in [5.41, 5.74) is 3.15. The van der Waals surface area contributed by atoms with Gasteiger partial charge >= 0.3 is 5.97 Å². The van der Waals surface area contributed by atoms with Crippen molar-refractivity contribution < 1.29 is 28.5 Å². The van der Waals surface area contributed by atoms with Crippen molar-refractivity contribution in [3.05, 3.63) is 82.4 Å². The highest BCUT2D eigenvalue weighted by Crippen LogP contribution is 2.46. The maximum Gasteiger partial charge on any atom is 0.335 e. The third kappa shape index (κ3) is 4.11. The number of hydrogen-bond donors (Lipinski definition) is 1. The second-order valence-corrected chi connectivity index (χ2v) is 11.7. The Morgan fingerprint density at radius 3 is 2.79 bits per heavy atom. The average Bonchev–Trinajstić information content (AvgIpc) is 3.32. The Morgan fingerprint density at radius 2 is 2.00 bits per heavy atom. The number of benzene rings is 3. The van der Waals surface area contributed by atoms with Crippen molar-refractivity contribution in [2.24, 2.45) is 0 Å². The van der Waals surface area contributed by atoms with Crippen LogP contribution in [0, 0.1) is 5.82 Å². The number of carbonyl (C=O) groups is 1. The van der Waals surface area contributed by atoms with E-state index in [2.05, 4.69) is 14.4 Å². The second-order valence-electron chi connectivity index (χ2n) is 11.3. The molecule has 0 amide bonds. The van der Waals surface area contributed by atoms with Crippen molar-refractivity contribution in [1.29, 1.82) is 0 Å². The summed E-state index contributed by atoms with van der Waals surface area (Å²) in [4.78, 5) is 21.5. The number of fused-ring (bicyclic) bond motifs is 5. The third-order valence-electron chi connectivity index (χ3n) is 8.95. The number of para-hydroxylation sites is 1. The van der Waals surface area contributed by atoms with Crippen LogP contribution in [0.4, 0.5) is 10.1 Å². The van der Waals surface area contributed by atoms with Crippen molar-refractivity contribution in [3.8, 4) is 11.5 Å². The number of carboxylic acids is 1. The van der Waals surface area contributed by atoms with Crippen LogP contribution in [0.15, 0.2) is 54.6 Å². The van der Waals surface area contributed by atoms with Crippen LogP contribution in [0.2, 0.25) is 5.02 Å². The molecule has 1 N–H and O–H groups in total. The molecular formula is C31H28ClFN4O5. The number of aromatic carboxylic acids is 1. The average molecular weight is 591 g/mol. The first-order valence-corrected chi connectivity index (χ1v) is 14.5. The molecule has 42 heavy (non-hydrogen) atoms. The Bertz CT molecular complexity index is 1730. The minimum atomic E-state index is -0.960. The van der Waals surface area contributed by atoms with Gasteiger partial charge in [0.15, 0.2) is 17.6 Å². The number of piperazine rings is 1. The van der Waals surface area contributed by atoms with Gasteiger partial charge in [-0.15, -0.1) is 0 Å². The lowest BCUT2D eigenvalue weighted by molar-refractivity contribution is -0.107. The van der Waals surface area contributed by atoms with Gasteiger partial charge in [-0.1, -0.05) is 23.7 Å². The van der Waals surface area contributed by atoms with E-state index in [1.165, 1.54) is 6.07 Å². The number of nitrogens with zero attached hydrogens (tertiary/aromatic N) is 4. The Kier molecular flexibility index (Phi) is 6.06. The SMILES string of the molecule is O=C(O)c1ccc2nc3n(c2c1)C(C1CCO1)C1CN(c2cccc4c2O[C@@H](c2ccc(Cl)cc2F)CO4)CCN1C3. The first kappa shape index (κ1) is 25.8. The zero-order valence-corrected chi connectivity index (χ0v) is 23.3. The van der Waals surface area contributed by atoms with Crippen LogP contribution >= 0.6 is 11.6 Å². The Morgan fingerprint density at radius 1 is 1.12 bits per heavy atom. The van der Waals surface area contributed by atoms with E-state index in [1.54, 1.807) is 30.3 Å². The van der Waals surface area contributed by atoms with Crippen LogP contribution in [0.5, 0.6) is 11.5 Å². The van der Waals surface area contributed by atoms with Crippen LogP contribution in [0.1, 0.15) is 40.3 Å². The van der Waals surface area contributed by atoms with Crippen LogP contribution < -0.4 is 14.4 Å². The van der Waals surface area contributed by atoms with Crippen molar-refractivity contribution in [1.82, 2.24) is 14.5 Å². The quantitative estimate of drug-likeness (QED) is 0.352. The molecular weight excluding hydrogens is 563 g/mol. The standard InChI is InChI=1S/C31H28ClFN4O5/c32-18-5-6-19(20(33)13-18)27-16-41-26-3-1-2-22(30(26)42-27)35-9-10-36-15-28-34-21-7-4-17(31(38)39)12-23(21)37(28)29(24(36)14-35)25-8-11-40-25/h1-7,12-13,24-25,27,29H,8-11,14-16H2,(H,38,39)/t24?,25?,27-,29?/m1/s1. The van der Waals surface area contributed by atoms with E-state index in [0.717, 1.165) is 42.1 Å². The Balaban J connectivity index is 1.14. The van der Waals surface area contributed by atoms with E-state index in [4.69, 9.17) is 30.8 Å². The van der Waals surface area contributed by atoms with Gasteiger partial charge in [0.05, 0.1) is 47.0 Å². The summed E-state index contributed by atoms with van der Waals surface area (Å²) in [5, 5.41) is 10.00. The number of carboxylic acid groups (broad SMARTS) is 1. The number of aromatic nitrogens is 2. The number of halogens is 2. The fourth-order valence-corrected chi connectivity index (χ4v) is 7.00. The van der Waals surface area contributed by atoms with Gasteiger partial charge in [0, 0.05) is 36.8 Å². The molecule has 216 valence electrons. The molecule has 0 bridgehead atoms. The van der Waals surface area contributed by atoms with E-state index >= 15 is 0 Å². The van der Waals surface area contributed by atoms with Gasteiger partial charge in [0.1, 0.15) is 18.2 Å². The first-order chi connectivity index (χ1) is 20.4. The van der Waals surface area contributed by atoms with Gasteiger partial charge < -0.3 is 28.8 Å². The van der Waals surface area contributed by atoms with Gasteiger partial charge in [0.25, 0.3) is 0 Å². The topological polar surface area (TPSA) is 89.3 Å². The largest absolute Gasteiger partial charge is 0.485 e. The molecule has 9 nitrogen and oxygen atoms in total. The van der Waals surface area contributed by atoms with Crippen molar-refractivity contribution in [2.45, 2.75) is 37.3 Å². The molecule has 4 atom stereocenters. The third-order valence-corrected chi connectivity index (χ3v) is 9.19. The molecule has 3 aromatic carbocycles. The van der Waals surface area contributed by atoms with E-state index in [-0.39, 0.29) is 30.4 Å². The molecule has 0 saturated carbocycles. The van der Waals surface area contributed by atoms with Crippen LogP contribution in [-0.4, -0.2) is 70.5 Å². The summed E-state index contributed by atoms with van der Waals surface area (Å²) >= 11 is 5.98. The number of hydrogen-bond acceptors (Lipinski definition) is 7. The number of rotatable bonds is 4. The van der Waals surface area contributed by atoms with Crippen LogP contribution in [0.3, 0.4) is 0 Å². The number of anilines is 1. The van der Waals surface area contributed by atoms with Gasteiger partial charge in [-0.25, -0.2) is 14.2 Å². The molecule has 4 aliphatic rings. The molecule has 4 aliphatic heterocycles. The fraction of sp³-hybridized carbons (Fsp3) is 0.355. The lowest BCUT2D eigenvalue weighted by atomic mass is 9.91. The van der Waals surface area contributed by atoms with E-state index < -0.39 is 17.9 Å². The number of ether oxygens (including phenoxy) is 3. The normalized spacial score (nSPS) is 25.0. The van der Waals surface area contributed by atoms with E-state index in [9.17, 15) is 14.3 Å². The second kappa shape index (κ2) is 9.86. The molecule has 0 spiro atoms. The molecule has 2 fully saturated rings. The number of imidazole rings is 1. The van der Waals surface area contributed by atoms with Crippen LogP contribution in [0.25, 0.3) is 11.0 Å². The molecule has 11 heteroatoms. The van der Waals surface area contributed by atoms with Gasteiger partial charge in [0.2, 0.25) is 0 Å². The molecule has 0 radical (unpaired) electrons.